The Labute approximate surface area is 398 Å². The van der Waals surface area contributed by atoms with E-state index in [1.807, 2.05) is 12.1 Å². The number of aromatic nitrogens is 2. The third-order valence-electron chi connectivity index (χ3n) is 13.4. The van der Waals surface area contributed by atoms with E-state index in [4.69, 9.17) is 9.97 Å². The minimum atomic E-state index is -0.592. The lowest BCUT2D eigenvalue weighted by Gasteiger charge is -2.34. The van der Waals surface area contributed by atoms with Crippen LogP contribution in [0.15, 0.2) is 273 Å². The van der Waals surface area contributed by atoms with Gasteiger partial charge >= 0.3 is 0 Å². The van der Waals surface area contributed by atoms with E-state index in [2.05, 4.69) is 266 Å². The third kappa shape index (κ3) is 7.28. The number of hydrogen-bond acceptors (Lipinski definition) is 3. The highest BCUT2D eigenvalue weighted by Gasteiger charge is 2.46. The molecule has 10 aromatic carbocycles. The van der Waals surface area contributed by atoms with Gasteiger partial charge in [0.25, 0.3) is 0 Å². The van der Waals surface area contributed by atoms with E-state index in [-0.39, 0.29) is 0 Å². The number of nitrogens with zero attached hydrogens (tertiary/aromatic N) is 3. The van der Waals surface area contributed by atoms with Crippen LogP contribution in [-0.4, -0.2) is 9.97 Å². The van der Waals surface area contributed by atoms with Crippen LogP contribution in [0.3, 0.4) is 0 Å². The van der Waals surface area contributed by atoms with Gasteiger partial charge in [-0.1, -0.05) is 231 Å². The van der Waals surface area contributed by atoms with Crippen LogP contribution in [-0.2, 0) is 5.41 Å². The van der Waals surface area contributed by atoms with Gasteiger partial charge in [-0.15, -0.1) is 0 Å². The standard InChI is InChI=1S/C65H45N3/c1-5-17-46(18-6-1)48-31-39-55(40-32-48)68(56-41-33-49(34-42-56)47-19-7-2-8-20-47)57-43-37-54(38-44-57)65(60-27-15-13-25-58(60)59-26-14-16-28-61(59)65)53-35-29-52(30-36-53)64-66-62(50-21-9-3-10-22-50)45-63(67-64)51-23-11-4-12-24-51/h1-45H. The zero-order valence-electron chi connectivity index (χ0n) is 37.3. The van der Waals surface area contributed by atoms with Crippen molar-refractivity contribution >= 4 is 17.1 Å². The SMILES string of the molecule is c1ccc(-c2ccc(N(c3ccc(-c4ccccc4)cc3)c3ccc(C4(c5ccc(-c6nc(-c7ccccc7)cc(-c7ccccc7)n6)cc5)c5ccccc5-c5ccccc54)cc3)cc2)cc1. The lowest BCUT2D eigenvalue weighted by molar-refractivity contribution is 0.768. The molecular weight excluding hydrogens is 823 g/mol. The highest BCUT2D eigenvalue weighted by molar-refractivity contribution is 5.87. The molecule has 0 radical (unpaired) electrons. The predicted octanol–water partition coefficient (Wildman–Crippen LogP) is 16.6. The molecule has 0 fully saturated rings. The fraction of sp³-hybridized carbons (Fsp3) is 0.0154. The van der Waals surface area contributed by atoms with E-state index in [0.29, 0.717) is 5.82 Å². The van der Waals surface area contributed by atoms with Crippen molar-refractivity contribution in [3.8, 4) is 67.3 Å². The fourth-order valence-corrected chi connectivity index (χ4v) is 10.2. The van der Waals surface area contributed by atoms with Crippen LogP contribution in [0.25, 0.3) is 67.3 Å². The van der Waals surface area contributed by atoms with Gasteiger partial charge in [0.15, 0.2) is 5.82 Å². The summed E-state index contributed by atoms with van der Waals surface area (Å²) >= 11 is 0. The van der Waals surface area contributed by atoms with Gasteiger partial charge in [0, 0.05) is 33.8 Å². The summed E-state index contributed by atoms with van der Waals surface area (Å²) in [5.74, 6) is 0.691. The molecule has 0 N–H and O–H groups in total. The normalized spacial score (nSPS) is 12.2. The van der Waals surface area contributed by atoms with Gasteiger partial charge in [-0.05, 0) is 98.1 Å². The summed E-state index contributed by atoms with van der Waals surface area (Å²) in [6.07, 6.45) is 0. The van der Waals surface area contributed by atoms with Gasteiger partial charge in [0.2, 0.25) is 0 Å². The molecule has 3 heteroatoms. The zero-order valence-corrected chi connectivity index (χ0v) is 37.3. The minimum Gasteiger partial charge on any atom is -0.311 e. The first-order valence-electron chi connectivity index (χ1n) is 23.2. The quantitative estimate of drug-likeness (QED) is 0.137. The summed E-state index contributed by atoms with van der Waals surface area (Å²) in [6.45, 7) is 0. The monoisotopic (exact) mass is 867 g/mol. The summed E-state index contributed by atoms with van der Waals surface area (Å²) in [5.41, 5.74) is 19.7. The van der Waals surface area contributed by atoms with Crippen molar-refractivity contribution < 1.29 is 0 Å². The Bertz CT molecular complexity index is 3310. The molecule has 0 saturated heterocycles. The largest absolute Gasteiger partial charge is 0.311 e. The molecule has 12 rings (SSSR count). The average Bonchev–Trinajstić information content (AvgIpc) is 3.73. The highest BCUT2D eigenvalue weighted by Crippen LogP contribution is 2.56. The molecular formula is C65H45N3. The van der Waals surface area contributed by atoms with Gasteiger partial charge in [0.05, 0.1) is 16.8 Å². The molecule has 1 aliphatic rings. The first-order valence-corrected chi connectivity index (χ1v) is 23.2. The Kier molecular flexibility index (Phi) is 10.4. The highest BCUT2D eigenvalue weighted by atomic mass is 15.1. The van der Waals surface area contributed by atoms with Gasteiger partial charge in [0.1, 0.15) is 0 Å². The van der Waals surface area contributed by atoms with Gasteiger partial charge in [-0.3, -0.25) is 0 Å². The van der Waals surface area contributed by atoms with Crippen LogP contribution in [0.4, 0.5) is 17.1 Å². The summed E-state index contributed by atoms with van der Waals surface area (Å²) in [6, 6.07) is 97.9. The van der Waals surface area contributed by atoms with Crippen LogP contribution in [0.5, 0.6) is 0 Å². The molecule has 68 heavy (non-hydrogen) atoms. The van der Waals surface area contributed by atoms with Crippen molar-refractivity contribution in [1.29, 1.82) is 0 Å². The number of anilines is 3. The lowest BCUT2D eigenvalue weighted by atomic mass is 9.67. The van der Waals surface area contributed by atoms with E-state index in [1.54, 1.807) is 0 Å². The van der Waals surface area contributed by atoms with Crippen LogP contribution >= 0.6 is 0 Å². The van der Waals surface area contributed by atoms with E-state index in [0.717, 1.165) is 45.1 Å². The van der Waals surface area contributed by atoms with E-state index >= 15 is 0 Å². The Morgan fingerprint density at radius 1 is 0.265 bits per heavy atom. The summed E-state index contributed by atoms with van der Waals surface area (Å²) in [4.78, 5) is 12.7. The molecule has 3 nitrogen and oxygen atoms in total. The Hall–Kier alpha value is -8.92. The summed E-state index contributed by atoms with van der Waals surface area (Å²) in [5, 5.41) is 0. The van der Waals surface area contributed by atoms with Crippen LogP contribution < -0.4 is 4.90 Å². The van der Waals surface area contributed by atoms with E-state index in [1.165, 1.54) is 55.6 Å². The maximum Gasteiger partial charge on any atom is 0.160 e. The molecule has 0 saturated carbocycles. The molecule has 1 aliphatic carbocycles. The first-order chi connectivity index (χ1) is 33.7. The van der Waals surface area contributed by atoms with Crippen LogP contribution in [0.1, 0.15) is 22.3 Å². The smallest absolute Gasteiger partial charge is 0.160 e. The van der Waals surface area contributed by atoms with Crippen molar-refractivity contribution in [3.05, 3.63) is 295 Å². The molecule has 11 aromatic rings. The summed E-state index contributed by atoms with van der Waals surface area (Å²) in [7, 11) is 0. The number of benzene rings is 10. The first kappa shape index (κ1) is 40.6. The molecule has 0 bridgehead atoms. The fourth-order valence-electron chi connectivity index (χ4n) is 10.2. The minimum absolute atomic E-state index is 0.592. The Morgan fingerprint density at radius 2 is 0.574 bits per heavy atom. The number of rotatable bonds is 10. The molecule has 320 valence electrons. The van der Waals surface area contributed by atoms with E-state index in [9.17, 15) is 0 Å². The van der Waals surface area contributed by atoms with Gasteiger partial charge in [-0.25, -0.2) is 9.97 Å². The molecule has 0 unspecified atom stereocenters. The van der Waals surface area contributed by atoms with Gasteiger partial charge in [-0.2, -0.15) is 0 Å². The number of hydrogen-bond donors (Lipinski definition) is 0. The van der Waals surface area contributed by atoms with Crippen LogP contribution in [0, 0.1) is 0 Å². The zero-order chi connectivity index (χ0) is 45.3. The van der Waals surface area contributed by atoms with Crippen molar-refractivity contribution in [2.24, 2.45) is 0 Å². The topological polar surface area (TPSA) is 29.0 Å². The number of fused-ring (bicyclic) bond motifs is 3. The molecule has 0 spiro atoms. The maximum absolute atomic E-state index is 5.17. The van der Waals surface area contributed by atoms with Crippen molar-refractivity contribution in [1.82, 2.24) is 9.97 Å². The Balaban J connectivity index is 0.982. The lowest BCUT2D eigenvalue weighted by Crippen LogP contribution is -2.28. The average molecular weight is 868 g/mol. The van der Waals surface area contributed by atoms with Crippen molar-refractivity contribution in [3.63, 3.8) is 0 Å². The molecule has 1 aromatic heterocycles. The second-order valence-corrected chi connectivity index (χ2v) is 17.3. The predicted molar refractivity (Wildman–Crippen MR) is 281 cm³/mol. The molecule has 0 amide bonds. The summed E-state index contributed by atoms with van der Waals surface area (Å²) < 4.78 is 0. The molecule has 0 aliphatic heterocycles. The second kappa shape index (κ2) is 17.5. The van der Waals surface area contributed by atoms with Crippen LogP contribution in [0.2, 0.25) is 0 Å². The molecule has 1 heterocycles. The third-order valence-corrected chi connectivity index (χ3v) is 13.4. The van der Waals surface area contributed by atoms with Gasteiger partial charge < -0.3 is 4.90 Å². The Morgan fingerprint density at radius 3 is 0.985 bits per heavy atom. The van der Waals surface area contributed by atoms with Crippen molar-refractivity contribution in [2.45, 2.75) is 5.41 Å². The molecule has 0 atom stereocenters. The van der Waals surface area contributed by atoms with Crippen molar-refractivity contribution in [2.75, 3.05) is 4.90 Å². The van der Waals surface area contributed by atoms with E-state index < -0.39 is 5.41 Å². The second-order valence-electron chi connectivity index (χ2n) is 17.3. The maximum atomic E-state index is 5.17.